The molecule has 2 N–H and O–H groups in total. The molecular weight excluding hydrogens is 385 g/mol. The number of amides is 1. The van der Waals surface area contributed by atoms with Gasteiger partial charge in [0.1, 0.15) is 11.4 Å². The van der Waals surface area contributed by atoms with E-state index in [0.717, 1.165) is 11.1 Å². The van der Waals surface area contributed by atoms with Gasteiger partial charge in [-0.2, -0.15) is 0 Å². The van der Waals surface area contributed by atoms with E-state index in [0.29, 0.717) is 16.2 Å². The number of fused-ring (bicyclic) bond motifs is 1. The lowest BCUT2D eigenvalue weighted by atomic mass is 10.2. The molecule has 1 amide bonds. The first-order valence-corrected chi connectivity index (χ1v) is 8.27. The van der Waals surface area contributed by atoms with E-state index in [4.69, 9.17) is 39.5 Å². The summed E-state index contributed by atoms with van der Waals surface area (Å²) in [6.45, 7) is 0. The molecule has 0 saturated heterocycles. The van der Waals surface area contributed by atoms with Gasteiger partial charge in [-0.3, -0.25) is 15.6 Å². The van der Waals surface area contributed by atoms with E-state index in [1.807, 2.05) is 6.07 Å². The molecular formula is C17H12Cl3N3O2. The van der Waals surface area contributed by atoms with Crippen LogP contribution in [-0.4, -0.2) is 18.0 Å². The highest BCUT2D eigenvalue weighted by Crippen LogP contribution is 2.33. The molecule has 5 nitrogen and oxygen atoms in total. The number of carbonyl (C=O) groups excluding carboxylic acids is 1. The molecule has 3 rings (SSSR count). The van der Waals surface area contributed by atoms with Gasteiger partial charge in [0, 0.05) is 10.4 Å². The number of rotatable bonds is 4. The number of aromatic nitrogens is 1. The van der Waals surface area contributed by atoms with Crippen molar-refractivity contribution in [3.8, 4) is 5.75 Å². The molecule has 0 aliphatic heterocycles. The standard InChI is InChI=1S/C17H12Cl3N3O2/c1-25-11-3-5-14-9(6-11)2-4-15(21-14)17(24)23-22-16-12(19)7-10(18)8-13(16)20/h2-8,22H,1H3,(H,23,24). The Labute approximate surface area is 158 Å². The van der Waals surface area contributed by atoms with Crippen molar-refractivity contribution in [3.05, 3.63) is 63.2 Å². The van der Waals surface area contributed by atoms with Crippen molar-refractivity contribution >= 4 is 57.3 Å². The Balaban J connectivity index is 1.78. The molecule has 0 atom stereocenters. The number of pyridine rings is 1. The van der Waals surface area contributed by atoms with Crippen LogP contribution in [0.1, 0.15) is 10.5 Å². The second kappa shape index (κ2) is 7.35. The van der Waals surface area contributed by atoms with Gasteiger partial charge in [-0.15, -0.1) is 0 Å². The molecule has 1 aromatic heterocycles. The summed E-state index contributed by atoms with van der Waals surface area (Å²) in [5, 5.41) is 1.85. The van der Waals surface area contributed by atoms with E-state index in [1.54, 1.807) is 31.4 Å². The van der Waals surface area contributed by atoms with Crippen LogP contribution in [0.4, 0.5) is 5.69 Å². The largest absolute Gasteiger partial charge is 0.497 e. The fraction of sp³-hybridized carbons (Fsp3) is 0.0588. The normalized spacial score (nSPS) is 10.6. The Kier molecular flexibility index (Phi) is 5.18. The predicted molar refractivity (Wildman–Crippen MR) is 101 cm³/mol. The molecule has 3 aromatic rings. The quantitative estimate of drug-likeness (QED) is 0.612. The third kappa shape index (κ3) is 3.90. The van der Waals surface area contributed by atoms with Gasteiger partial charge in [-0.1, -0.05) is 40.9 Å². The molecule has 0 saturated carbocycles. The van der Waals surface area contributed by atoms with Crippen LogP contribution >= 0.6 is 34.8 Å². The summed E-state index contributed by atoms with van der Waals surface area (Å²) in [6.07, 6.45) is 0. The number of anilines is 1. The van der Waals surface area contributed by atoms with E-state index < -0.39 is 5.91 Å². The SMILES string of the molecule is COc1ccc2nc(C(=O)NNc3c(Cl)cc(Cl)cc3Cl)ccc2c1. The van der Waals surface area contributed by atoms with E-state index in [2.05, 4.69) is 15.8 Å². The molecule has 0 bridgehead atoms. The Morgan fingerprint density at radius 1 is 1.04 bits per heavy atom. The Bertz CT molecular complexity index is 940. The lowest BCUT2D eigenvalue weighted by Gasteiger charge is -2.12. The number of hydrogen-bond acceptors (Lipinski definition) is 4. The maximum Gasteiger partial charge on any atom is 0.288 e. The summed E-state index contributed by atoms with van der Waals surface area (Å²) in [4.78, 5) is 16.6. The number of hydrogen-bond donors (Lipinski definition) is 2. The number of ether oxygens (including phenoxy) is 1. The van der Waals surface area contributed by atoms with Crippen molar-refractivity contribution in [1.82, 2.24) is 10.4 Å². The smallest absolute Gasteiger partial charge is 0.288 e. The maximum atomic E-state index is 12.3. The van der Waals surface area contributed by atoms with E-state index in [-0.39, 0.29) is 15.7 Å². The number of carbonyl (C=O) groups is 1. The molecule has 2 aromatic carbocycles. The second-order valence-electron chi connectivity index (χ2n) is 5.08. The van der Waals surface area contributed by atoms with Gasteiger partial charge in [0.25, 0.3) is 5.91 Å². The van der Waals surface area contributed by atoms with Crippen LogP contribution in [0.15, 0.2) is 42.5 Å². The molecule has 0 aliphatic carbocycles. The molecule has 25 heavy (non-hydrogen) atoms. The highest BCUT2D eigenvalue weighted by atomic mass is 35.5. The van der Waals surface area contributed by atoms with E-state index in [1.165, 1.54) is 12.1 Å². The van der Waals surface area contributed by atoms with Crippen molar-refractivity contribution in [2.24, 2.45) is 0 Å². The first-order chi connectivity index (χ1) is 12.0. The third-order valence-electron chi connectivity index (χ3n) is 3.44. The number of nitrogens with one attached hydrogen (secondary N) is 2. The van der Waals surface area contributed by atoms with Gasteiger partial charge in [-0.05, 0) is 36.4 Å². The summed E-state index contributed by atoms with van der Waals surface area (Å²) >= 11 is 18.0. The summed E-state index contributed by atoms with van der Waals surface area (Å²) in [7, 11) is 1.59. The van der Waals surface area contributed by atoms with Crippen molar-refractivity contribution in [1.29, 1.82) is 0 Å². The zero-order chi connectivity index (χ0) is 18.0. The predicted octanol–water partition coefficient (Wildman–Crippen LogP) is 4.96. The van der Waals surface area contributed by atoms with Crippen LogP contribution in [0.5, 0.6) is 5.75 Å². The lowest BCUT2D eigenvalue weighted by molar-refractivity contribution is 0.0958. The molecule has 0 unspecified atom stereocenters. The number of halogens is 3. The molecule has 128 valence electrons. The summed E-state index contributed by atoms with van der Waals surface area (Å²) in [5.41, 5.74) is 6.48. The number of benzene rings is 2. The summed E-state index contributed by atoms with van der Waals surface area (Å²) in [5.74, 6) is 0.292. The van der Waals surface area contributed by atoms with Gasteiger partial charge < -0.3 is 4.74 Å². The zero-order valence-corrected chi connectivity index (χ0v) is 15.2. The Morgan fingerprint density at radius 2 is 1.76 bits per heavy atom. The Morgan fingerprint density at radius 3 is 2.44 bits per heavy atom. The minimum Gasteiger partial charge on any atom is -0.497 e. The molecule has 0 fully saturated rings. The van der Waals surface area contributed by atoms with Crippen LogP contribution in [0.2, 0.25) is 15.1 Å². The zero-order valence-electron chi connectivity index (χ0n) is 12.9. The minimum absolute atomic E-state index is 0.242. The van der Waals surface area contributed by atoms with Crippen molar-refractivity contribution < 1.29 is 9.53 Å². The fourth-order valence-electron chi connectivity index (χ4n) is 2.20. The van der Waals surface area contributed by atoms with Gasteiger partial charge in [0.05, 0.1) is 28.4 Å². The van der Waals surface area contributed by atoms with E-state index >= 15 is 0 Å². The molecule has 8 heteroatoms. The number of nitrogens with zero attached hydrogens (tertiary/aromatic N) is 1. The first kappa shape index (κ1) is 17.6. The highest BCUT2D eigenvalue weighted by Gasteiger charge is 2.12. The maximum absolute atomic E-state index is 12.3. The molecule has 1 heterocycles. The van der Waals surface area contributed by atoms with Gasteiger partial charge >= 0.3 is 0 Å². The van der Waals surface area contributed by atoms with Crippen LogP contribution < -0.4 is 15.6 Å². The molecule has 0 aliphatic rings. The van der Waals surface area contributed by atoms with Gasteiger partial charge in [0.15, 0.2) is 0 Å². The summed E-state index contributed by atoms with van der Waals surface area (Å²) < 4.78 is 5.17. The lowest BCUT2D eigenvalue weighted by Crippen LogP contribution is -2.30. The van der Waals surface area contributed by atoms with Crippen molar-refractivity contribution in [3.63, 3.8) is 0 Å². The Hall–Kier alpha value is -2.21. The van der Waals surface area contributed by atoms with Crippen LogP contribution in [-0.2, 0) is 0 Å². The fourth-order valence-corrected chi connectivity index (χ4v) is 3.11. The topological polar surface area (TPSA) is 63.2 Å². The van der Waals surface area contributed by atoms with Crippen LogP contribution in [0, 0.1) is 0 Å². The van der Waals surface area contributed by atoms with Crippen molar-refractivity contribution in [2.45, 2.75) is 0 Å². The molecule has 0 radical (unpaired) electrons. The average Bonchev–Trinajstić information content (AvgIpc) is 2.59. The van der Waals surface area contributed by atoms with Crippen LogP contribution in [0.3, 0.4) is 0 Å². The monoisotopic (exact) mass is 395 g/mol. The van der Waals surface area contributed by atoms with E-state index in [9.17, 15) is 4.79 Å². The highest BCUT2D eigenvalue weighted by molar-refractivity contribution is 6.41. The number of hydrazine groups is 1. The average molecular weight is 397 g/mol. The van der Waals surface area contributed by atoms with Crippen molar-refractivity contribution in [2.75, 3.05) is 12.5 Å². The molecule has 0 spiro atoms. The first-order valence-electron chi connectivity index (χ1n) is 7.13. The summed E-state index contributed by atoms with van der Waals surface area (Å²) in [6, 6.07) is 11.9. The van der Waals surface area contributed by atoms with Crippen LogP contribution in [0.25, 0.3) is 10.9 Å². The van der Waals surface area contributed by atoms with Gasteiger partial charge in [0.2, 0.25) is 0 Å². The van der Waals surface area contributed by atoms with Gasteiger partial charge in [-0.25, -0.2) is 4.98 Å². The second-order valence-corrected chi connectivity index (χ2v) is 6.33. The number of methoxy groups -OCH3 is 1. The third-order valence-corrected chi connectivity index (χ3v) is 4.25. The minimum atomic E-state index is -0.431.